The van der Waals surface area contributed by atoms with Crippen molar-refractivity contribution in [1.82, 2.24) is 5.48 Å². The van der Waals surface area contributed by atoms with Gasteiger partial charge in [-0.2, -0.15) is 13.2 Å². The summed E-state index contributed by atoms with van der Waals surface area (Å²) in [7, 11) is 0. The molecule has 0 unspecified atom stereocenters. The van der Waals surface area contributed by atoms with Gasteiger partial charge in [0.1, 0.15) is 4.88 Å². The van der Waals surface area contributed by atoms with Crippen LogP contribution in [0.5, 0.6) is 0 Å². The molecular formula is C8H7ClF3NO2S. The highest BCUT2D eigenvalue weighted by Gasteiger charge is 2.28. The Bertz CT molecular complexity index is 391. The van der Waals surface area contributed by atoms with Gasteiger partial charge < -0.3 is 0 Å². The molecule has 0 spiro atoms. The maximum atomic E-state index is 11.7. The quantitative estimate of drug-likeness (QED) is 0.860. The van der Waals surface area contributed by atoms with Crippen LogP contribution in [0.3, 0.4) is 0 Å². The first-order valence-electron chi connectivity index (χ1n) is 4.03. The summed E-state index contributed by atoms with van der Waals surface area (Å²) >= 11 is 6.78. The second kappa shape index (κ2) is 5.03. The van der Waals surface area contributed by atoms with Gasteiger partial charge in [0, 0.05) is 0 Å². The van der Waals surface area contributed by atoms with Crippen molar-refractivity contribution in [3.63, 3.8) is 0 Å². The van der Waals surface area contributed by atoms with Crippen LogP contribution in [0.25, 0.3) is 0 Å². The van der Waals surface area contributed by atoms with Crippen LogP contribution in [0.1, 0.15) is 15.2 Å². The lowest BCUT2D eigenvalue weighted by atomic mass is 10.3. The van der Waals surface area contributed by atoms with Crippen LogP contribution >= 0.6 is 22.9 Å². The number of carbonyl (C=O) groups is 1. The molecule has 0 saturated carbocycles. The van der Waals surface area contributed by atoms with Gasteiger partial charge in [0.15, 0.2) is 6.61 Å². The molecule has 3 nitrogen and oxygen atoms in total. The maximum absolute atomic E-state index is 11.7. The molecule has 1 N–H and O–H groups in total. The van der Waals surface area contributed by atoms with Gasteiger partial charge in [0.25, 0.3) is 5.91 Å². The number of hydrogen-bond acceptors (Lipinski definition) is 3. The second-order valence-electron chi connectivity index (χ2n) is 2.90. The summed E-state index contributed by atoms with van der Waals surface area (Å²) < 4.78 is 35.1. The van der Waals surface area contributed by atoms with Gasteiger partial charge in [-0.15, -0.1) is 11.3 Å². The fourth-order valence-corrected chi connectivity index (χ4v) is 1.98. The molecule has 90 valence electrons. The Hall–Kier alpha value is -0.790. The highest BCUT2D eigenvalue weighted by molar-refractivity contribution is 7.13. The number of halogens is 4. The van der Waals surface area contributed by atoms with Crippen LogP contribution in [0.2, 0.25) is 5.02 Å². The van der Waals surface area contributed by atoms with E-state index in [1.165, 1.54) is 0 Å². The zero-order valence-electron chi connectivity index (χ0n) is 8.02. The fraction of sp³-hybridized carbons (Fsp3) is 0.375. The molecule has 1 heterocycles. The predicted octanol–water partition coefficient (Wildman–Crippen LogP) is 2.93. The maximum Gasteiger partial charge on any atom is 0.414 e. The third-order valence-corrected chi connectivity index (χ3v) is 3.20. The van der Waals surface area contributed by atoms with Crippen molar-refractivity contribution in [2.75, 3.05) is 6.61 Å². The zero-order chi connectivity index (χ0) is 12.3. The summed E-state index contributed by atoms with van der Waals surface area (Å²) in [5.74, 6) is -0.785. The van der Waals surface area contributed by atoms with Gasteiger partial charge in [-0.3, -0.25) is 9.63 Å². The van der Waals surface area contributed by atoms with Crippen LogP contribution in [0, 0.1) is 6.92 Å². The van der Waals surface area contributed by atoms with E-state index in [0.29, 0.717) is 5.56 Å². The molecule has 1 amide bonds. The van der Waals surface area contributed by atoms with E-state index in [1.54, 1.807) is 17.8 Å². The summed E-state index contributed by atoms with van der Waals surface area (Å²) in [6.45, 7) is 0.146. The Morgan fingerprint density at radius 2 is 2.25 bits per heavy atom. The van der Waals surface area contributed by atoms with Crippen molar-refractivity contribution in [2.24, 2.45) is 0 Å². The lowest BCUT2D eigenvalue weighted by molar-refractivity contribution is -0.184. The Balaban J connectivity index is 2.51. The lowest BCUT2D eigenvalue weighted by Crippen LogP contribution is -2.29. The van der Waals surface area contributed by atoms with Gasteiger partial charge in [-0.1, -0.05) is 11.6 Å². The first-order valence-corrected chi connectivity index (χ1v) is 5.29. The van der Waals surface area contributed by atoms with Crippen LogP contribution in [0.15, 0.2) is 5.38 Å². The average molecular weight is 274 g/mol. The number of thiophene rings is 1. The molecule has 0 aliphatic rings. The molecule has 1 rings (SSSR count). The van der Waals surface area contributed by atoms with Gasteiger partial charge in [0.2, 0.25) is 0 Å². The molecule has 16 heavy (non-hydrogen) atoms. The van der Waals surface area contributed by atoms with E-state index in [4.69, 9.17) is 11.6 Å². The highest BCUT2D eigenvalue weighted by Crippen LogP contribution is 2.26. The Morgan fingerprint density at radius 3 is 2.69 bits per heavy atom. The largest absolute Gasteiger partial charge is 0.414 e. The highest BCUT2D eigenvalue weighted by atomic mass is 35.5. The van der Waals surface area contributed by atoms with Crippen LogP contribution < -0.4 is 5.48 Å². The molecular weight excluding hydrogens is 267 g/mol. The minimum absolute atomic E-state index is 0.126. The van der Waals surface area contributed by atoms with Crippen molar-refractivity contribution in [1.29, 1.82) is 0 Å². The van der Waals surface area contributed by atoms with Gasteiger partial charge in [-0.25, -0.2) is 5.48 Å². The summed E-state index contributed by atoms with van der Waals surface area (Å²) in [6, 6.07) is 0. The lowest BCUT2D eigenvalue weighted by Gasteiger charge is -2.07. The molecule has 0 aromatic carbocycles. The van der Waals surface area contributed by atoms with Crippen molar-refractivity contribution >= 4 is 28.8 Å². The number of nitrogens with one attached hydrogen (secondary N) is 1. The number of aryl methyl sites for hydroxylation is 1. The summed E-state index contributed by atoms with van der Waals surface area (Å²) in [4.78, 5) is 15.4. The smallest absolute Gasteiger partial charge is 0.266 e. The molecule has 0 saturated heterocycles. The molecule has 0 atom stereocenters. The summed E-state index contributed by atoms with van der Waals surface area (Å²) in [5.41, 5.74) is 2.36. The average Bonchev–Trinajstić information content (AvgIpc) is 2.45. The van der Waals surface area contributed by atoms with E-state index in [0.717, 1.165) is 11.3 Å². The number of amides is 1. The topological polar surface area (TPSA) is 38.3 Å². The number of hydroxylamine groups is 1. The Morgan fingerprint density at radius 1 is 1.62 bits per heavy atom. The Kier molecular flexibility index (Phi) is 4.17. The normalized spacial score (nSPS) is 11.6. The monoisotopic (exact) mass is 273 g/mol. The molecule has 0 bridgehead atoms. The number of rotatable bonds is 3. The number of carbonyl (C=O) groups excluding carboxylic acids is 1. The molecule has 0 aliphatic heterocycles. The standard InChI is InChI=1S/C8H7ClF3NO2S/c1-4-2-16-6(5(4)9)7(14)13-15-3-8(10,11)12/h2H,3H2,1H3,(H,13,14). The van der Waals surface area contributed by atoms with E-state index in [1.807, 2.05) is 0 Å². The van der Waals surface area contributed by atoms with Crippen LogP contribution in [0.4, 0.5) is 13.2 Å². The van der Waals surface area contributed by atoms with E-state index < -0.39 is 18.7 Å². The minimum Gasteiger partial charge on any atom is -0.266 e. The number of hydrogen-bond donors (Lipinski definition) is 1. The van der Waals surface area contributed by atoms with Crippen molar-refractivity contribution in [2.45, 2.75) is 13.1 Å². The third-order valence-electron chi connectivity index (χ3n) is 1.51. The third kappa shape index (κ3) is 3.66. The van der Waals surface area contributed by atoms with Gasteiger partial charge in [-0.05, 0) is 17.9 Å². The molecule has 1 aromatic heterocycles. The first kappa shape index (κ1) is 13.3. The predicted molar refractivity (Wildman–Crippen MR) is 53.5 cm³/mol. The van der Waals surface area contributed by atoms with E-state index in [9.17, 15) is 18.0 Å². The molecule has 1 aromatic rings. The van der Waals surface area contributed by atoms with Crippen molar-refractivity contribution in [3.8, 4) is 0 Å². The summed E-state index contributed by atoms with van der Waals surface area (Å²) in [6.07, 6.45) is -4.48. The SMILES string of the molecule is Cc1csc(C(=O)NOCC(F)(F)F)c1Cl. The van der Waals surface area contributed by atoms with Crippen LogP contribution in [-0.2, 0) is 4.84 Å². The Labute approximate surface area is 98.1 Å². The van der Waals surface area contributed by atoms with Gasteiger partial charge >= 0.3 is 6.18 Å². The molecule has 0 fully saturated rings. The van der Waals surface area contributed by atoms with Crippen LogP contribution in [-0.4, -0.2) is 18.7 Å². The molecule has 8 heteroatoms. The first-order chi connectivity index (χ1) is 7.31. The van der Waals surface area contributed by atoms with Gasteiger partial charge in [0.05, 0.1) is 5.02 Å². The second-order valence-corrected chi connectivity index (χ2v) is 4.15. The van der Waals surface area contributed by atoms with Crippen molar-refractivity contribution < 1.29 is 22.8 Å². The summed E-state index contributed by atoms with van der Waals surface area (Å²) in [5, 5.41) is 1.85. The molecule has 0 aliphatic carbocycles. The van der Waals surface area contributed by atoms with E-state index >= 15 is 0 Å². The van der Waals surface area contributed by atoms with E-state index in [2.05, 4.69) is 4.84 Å². The fourth-order valence-electron chi connectivity index (χ4n) is 0.813. The number of alkyl halides is 3. The van der Waals surface area contributed by atoms with E-state index in [-0.39, 0.29) is 9.90 Å². The minimum atomic E-state index is -4.48. The zero-order valence-corrected chi connectivity index (χ0v) is 9.59. The van der Waals surface area contributed by atoms with Crippen molar-refractivity contribution in [3.05, 3.63) is 20.8 Å². The molecule has 0 radical (unpaired) electrons.